The van der Waals surface area contributed by atoms with Gasteiger partial charge < -0.3 is 4.90 Å². The fourth-order valence-electron chi connectivity index (χ4n) is 3.56. The Bertz CT molecular complexity index is 378. The lowest BCUT2D eigenvalue weighted by Gasteiger charge is -2.40. The molecule has 118 valence electrons. The van der Waals surface area contributed by atoms with Crippen LogP contribution in [-0.4, -0.2) is 72.5 Å². The molecule has 2 rings (SSSR count). The van der Waals surface area contributed by atoms with Crippen LogP contribution in [0.4, 0.5) is 0 Å². The summed E-state index contributed by atoms with van der Waals surface area (Å²) in [5, 5.41) is 8.61. The molecular weight excluding hydrogens is 264 g/mol. The Labute approximate surface area is 128 Å². The van der Waals surface area contributed by atoms with Gasteiger partial charge in [0.1, 0.15) is 0 Å². The van der Waals surface area contributed by atoms with Crippen molar-refractivity contribution >= 4 is 5.91 Å². The first-order chi connectivity index (χ1) is 10.1. The van der Waals surface area contributed by atoms with Crippen molar-refractivity contribution in [2.24, 2.45) is 0 Å². The fraction of sp³-hybridized carbons (Fsp3) is 0.875. The van der Waals surface area contributed by atoms with Crippen LogP contribution in [0.2, 0.25) is 0 Å². The topological polar surface area (TPSA) is 50.6 Å². The Kier molecular flexibility index (Phi) is 6.01. The minimum absolute atomic E-state index is 0.0700. The van der Waals surface area contributed by atoms with Crippen molar-refractivity contribution in [2.45, 2.75) is 51.1 Å². The molecule has 0 radical (unpaired) electrons. The lowest BCUT2D eigenvalue weighted by molar-refractivity contribution is -0.135. The maximum absolute atomic E-state index is 12.3. The SMILES string of the molecule is CC(C(=O)N(C)CCC#N)N1CCN(C2CCCC2)CC1. The van der Waals surface area contributed by atoms with Crippen LogP contribution in [0, 0.1) is 11.3 Å². The number of piperazine rings is 1. The van der Waals surface area contributed by atoms with E-state index in [-0.39, 0.29) is 11.9 Å². The van der Waals surface area contributed by atoms with Crippen molar-refractivity contribution in [1.29, 1.82) is 5.26 Å². The van der Waals surface area contributed by atoms with Crippen LogP contribution in [0.1, 0.15) is 39.0 Å². The summed E-state index contributed by atoms with van der Waals surface area (Å²) in [7, 11) is 1.80. The lowest BCUT2D eigenvalue weighted by Crippen LogP contribution is -2.55. The highest BCUT2D eigenvalue weighted by Crippen LogP contribution is 2.24. The van der Waals surface area contributed by atoms with Gasteiger partial charge in [-0.1, -0.05) is 12.8 Å². The highest BCUT2D eigenvalue weighted by Gasteiger charge is 2.30. The molecule has 0 aromatic carbocycles. The minimum atomic E-state index is -0.0700. The highest BCUT2D eigenvalue weighted by molar-refractivity contribution is 5.81. The standard InChI is InChI=1S/C16H28N4O/c1-14(16(21)18(2)9-5-8-17)19-10-12-20(13-11-19)15-6-3-4-7-15/h14-15H,3-7,9-13H2,1-2H3. The third-order valence-corrected chi connectivity index (χ3v) is 5.03. The van der Waals surface area contributed by atoms with Gasteiger partial charge in [0.15, 0.2) is 0 Å². The monoisotopic (exact) mass is 292 g/mol. The van der Waals surface area contributed by atoms with Crippen LogP contribution in [0.3, 0.4) is 0 Å². The summed E-state index contributed by atoms with van der Waals surface area (Å²) in [6.45, 7) is 6.66. The summed E-state index contributed by atoms with van der Waals surface area (Å²) >= 11 is 0. The van der Waals surface area contributed by atoms with Crippen molar-refractivity contribution in [3.63, 3.8) is 0 Å². The van der Waals surface area contributed by atoms with Gasteiger partial charge in [-0.25, -0.2) is 0 Å². The normalized spacial score (nSPS) is 22.9. The van der Waals surface area contributed by atoms with E-state index in [4.69, 9.17) is 5.26 Å². The largest absolute Gasteiger partial charge is 0.343 e. The number of hydrogen-bond acceptors (Lipinski definition) is 4. The molecule has 0 bridgehead atoms. The van der Waals surface area contributed by atoms with Crippen LogP contribution in [-0.2, 0) is 4.79 Å². The van der Waals surface area contributed by atoms with Gasteiger partial charge >= 0.3 is 0 Å². The van der Waals surface area contributed by atoms with E-state index in [0.717, 1.165) is 32.2 Å². The second-order valence-electron chi connectivity index (χ2n) is 6.35. The second kappa shape index (κ2) is 7.77. The number of nitriles is 1. The third kappa shape index (κ3) is 4.18. The van der Waals surface area contributed by atoms with Crippen LogP contribution in [0.25, 0.3) is 0 Å². The van der Waals surface area contributed by atoms with E-state index >= 15 is 0 Å². The van der Waals surface area contributed by atoms with Crippen LogP contribution >= 0.6 is 0 Å². The van der Waals surface area contributed by atoms with E-state index < -0.39 is 0 Å². The van der Waals surface area contributed by atoms with Gasteiger partial charge in [-0.2, -0.15) is 5.26 Å². The molecule has 0 aromatic rings. The third-order valence-electron chi connectivity index (χ3n) is 5.03. The van der Waals surface area contributed by atoms with Gasteiger partial charge in [0.05, 0.1) is 18.5 Å². The van der Waals surface area contributed by atoms with Gasteiger partial charge in [0.25, 0.3) is 0 Å². The molecule has 1 atom stereocenters. The summed E-state index contributed by atoms with van der Waals surface area (Å²) < 4.78 is 0. The first-order valence-corrected chi connectivity index (χ1v) is 8.23. The smallest absolute Gasteiger partial charge is 0.239 e. The van der Waals surface area contributed by atoms with Crippen LogP contribution in [0.5, 0.6) is 0 Å². The number of hydrogen-bond donors (Lipinski definition) is 0. The van der Waals surface area contributed by atoms with Gasteiger partial charge in [-0.3, -0.25) is 14.6 Å². The molecule has 21 heavy (non-hydrogen) atoms. The van der Waals surface area contributed by atoms with E-state index in [1.807, 2.05) is 6.92 Å². The highest BCUT2D eigenvalue weighted by atomic mass is 16.2. The second-order valence-corrected chi connectivity index (χ2v) is 6.35. The molecule has 1 heterocycles. The number of nitrogens with zero attached hydrogens (tertiary/aromatic N) is 4. The molecule has 1 saturated carbocycles. The number of amides is 1. The van der Waals surface area contributed by atoms with Gasteiger partial charge in [0, 0.05) is 45.8 Å². The molecule has 1 saturated heterocycles. The Hall–Kier alpha value is -1.12. The molecule has 2 fully saturated rings. The van der Waals surface area contributed by atoms with E-state index in [1.165, 1.54) is 25.7 Å². The fourth-order valence-corrected chi connectivity index (χ4v) is 3.56. The summed E-state index contributed by atoms with van der Waals surface area (Å²) in [6.07, 6.45) is 5.87. The van der Waals surface area contributed by atoms with Gasteiger partial charge in [-0.05, 0) is 19.8 Å². The average Bonchev–Trinajstić information content (AvgIpc) is 3.05. The number of carbonyl (C=O) groups excluding carboxylic acids is 1. The number of carbonyl (C=O) groups is 1. The molecule has 1 aliphatic carbocycles. The maximum Gasteiger partial charge on any atom is 0.239 e. The molecule has 1 aliphatic heterocycles. The zero-order chi connectivity index (χ0) is 15.2. The number of likely N-dealkylation sites (N-methyl/N-ethyl adjacent to an activating group) is 1. The van der Waals surface area contributed by atoms with Crippen LogP contribution in [0.15, 0.2) is 0 Å². The van der Waals surface area contributed by atoms with Gasteiger partial charge in [0.2, 0.25) is 5.91 Å². The first kappa shape index (κ1) is 16.3. The molecule has 1 amide bonds. The predicted octanol–water partition coefficient (Wildman–Crippen LogP) is 1.31. The molecular formula is C16H28N4O. The molecule has 0 N–H and O–H groups in total. The maximum atomic E-state index is 12.3. The summed E-state index contributed by atoms with van der Waals surface area (Å²) in [6, 6.07) is 2.81. The zero-order valence-corrected chi connectivity index (χ0v) is 13.4. The molecule has 0 aromatic heterocycles. The van der Waals surface area contributed by atoms with Crippen molar-refractivity contribution in [3.8, 4) is 6.07 Å². The minimum Gasteiger partial charge on any atom is -0.343 e. The van der Waals surface area contributed by atoms with E-state index in [9.17, 15) is 4.79 Å². The zero-order valence-electron chi connectivity index (χ0n) is 13.4. The van der Waals surface area contributed by atoms with E-state index in [1.54, 1.807) is 11.9 Å². The Balaban J connectivity index is 1.78. The molecule has 5 heteroatoms. The summed E-state index contributed by atoms with van der Waals surface area (Å²) in [4.78, 5) is 18.9. The van der Waals surface area contributed by atoms with E-state index in [2.05, 4.69) is 15.9 Å². The quantitative estimate of drug-likeness (QED) is 0.766. The molecule has 5 nitrogen and oxygen atoms in total. The van der Waals surface area contributed by atoms with Gasteiger partial charge in [-0.15, -0.1) is 0 Å². The average molecular weight is 292 g/mol. The summed E-state index contributed by atoms with van der Waals surface area (Å²) in [5.74, 6) is 0.138. The van der Waals surface area contributed by atoms with Crippen molar-refractivity contribution in [2.75, 3.05) is 39.8 Å². The molecule has 2 aliphatic rings. The lowest BCUT2D eigenvalue weighted by atomic mass is 10.1. The van der Waals surface area contributed by atoms with E-state index in [0.29, 0.717) is 13.0 Å². The molecule has 0 spiro atoms. The first-order valence-electron chi connectivity index (χ1n) is 8.23. The Morgan fingerprint density at radius 1 is 1.29 bits per heavy atom. The van der Waals surface area contributed by atoms with Crippen LogP contribution < -0.4 is 0 Å². The Morgan fingerprint density at radius 2 is 1.90 bits per heavy atom. The van der Waals surface area contributed by atoms with Crippen molar-refractivity contribution in [3.05, 3.63) is 0 Å². The van der Waals surface area contributed by atoms with Crippen molar-refractivity contribution < 1.29 is 4.79 Å². The number of rotatable bonds is 5. The van der Waals surface area contributed by atoms with Crippen molar-refractivity contribution in [1.82, 2.24) is 14.7 Å². The predicted molar refractivity (Wildman–Crippen MR) is 82.7 cm³/mol. The Morgan fingerprint density at radius 3 is 2.48 bits per heavy atom. The molecule has 1 unspecified atom stereocenters. The summed E-state index contributed by atoms with van der Waals surface area (Å²) in [5.41, 5.74) is 0.